The molecule has 2 rings (SSSR count). The van der Waals surface area contributed by atoms with Crippen LogP contribution in [0.1, 0.15) is 20.7 Å². The van der Waals surface area contributed by atoms with Crippen LogP contribution in [0.25, 0.3) is 0 Å². The van der Waals surface area contributed by atoms with E-state index in [4.69, 9.17) is 9.47 Å². The third-order valence-electron chi connectivity index (χ3n) is 3.45. The second-order valence-corrected chi connectivity index (χ2v) is 5.27. The fourth-order valence-corrected chi connectivity index (χ4v) is 2.08. The van der Waals surface area contributed by atoms with Crippen LogP contribution in [0, 0.1) is 11.6 Å². The zero-order valence-corrected chi connectivity index (χ0v) is 14.9. The fourth-order valence-electron chi connectivity index (χ4n) is 2.08. The summed E-state index contributed by atoms with van der Waals surface area (Å²) >= 11 is 0. The molecule has 0 fully saturated rings. The highest BCUT2D eigenvalue weighted by atomic mass is 19.1. The number of hydrazine groups is 1. The Kier molecular flexibility index (Phi) is 6.85. The monoisotopic (exact) mass is 394 g/mol. The molecule has 2 aromatic carbocycles. The van der Waals surface area contributed by atoms with Crippen LogP contribution in [0.2, 0.25) is 0 Å². The largest absolute Gasteiger partial charge is 0.493 e. The van der Waals surface area contributed by atoms with Gasteiger partial charge in [0.05, 0.1) is 19.8 Å². The lowest BCUT2D eigenvalue weighted by molar-refractivity contribution is -0.125. The average Bonchev–Trinajstić information content (AvgIpc) is 2.69. The highest BCUT2D eigenvalue weighted by Crippen LogP contribution is 2.27. The number of esters is 1. The molecule has 0 heterocycles. The Bertz CT molecular complexity index is 904. The van der Waals surface area contributed by atoms with E-state index in [1.54, 1.807) is 0 Å². The number of carbonyl (C=O) groups is 3. The molecule has 0 saturated carbocycles. The second-order valence-electron chi connectivity index (χ2n) is 5.27. The number of amides is 2. The minimum Gasteiger partial charge on any atom is -0.493 e. The zero-order valence-electron chi connectivity index (χ0n) is 14.9. The molecule has 148 valence electrons. The molecule has 8 nitrogen and oxygen atoms in total. The summed E-state index contributed by atoms with van der Waals surface area (Å²) in [6.07, 6.45) is 0. The van der Waals surface area contributed by atoms with Gasteiger partial charge in [-0.1, -0.05) is 0 Å². The van der Waals surface area contributed by atoms with Crippen molar-refractivity contribution >= 4 is 17.8 Å². The van der Waals surface area contributed by atoms with Gasteiger partial charge in [0.1, 0.15) is 11.6 Å². The summed E-state index contributed by atoms with van der Waals surface area (Å²) in [5, 5.41) is 0. The maximum atomic E-state index is 13.5. The topological polar surface area (TPSA) is 103 Å². The molecule has 0 atom stereocenters. The van der Waals surface area contributed by atoms with Crippen molar-refractivity contribution in [2.75, 3.05) is 20.8 Å². The quantitative estimate of drug-likeness (QED) is 0.570. The molecule has 0 aliphatic rings. The molecule has 0 bridgehead atoms. The molecule has 28 heavy (non-hydrogen) atoms. The van der Waals surface area contributed by atoms with Crippen molar-refractivity contribution in [2.45, 2.75) is 0 Å². The van der Waals surface area contributed by atoms with Crippen molar-refractivity contribution in [1.29, 1.82) is 0 Å². The van der Waals surface area contributed by atoms with E-state index in [2.05, 4.69) is 10.2 Å². The first-order valence-electron chi connectivity index (χ1n) is 7.79. The van der Waals surface area contributed by atoms with Gasteiger partial charge in [-0.25, -0.2) is 13.6 Å². The summed E-state index contributed by atoms with van der Waals surface area (Å²) in [5.41, 5.74) is 3.80. The van der Waals surface area contributed by atoms with Crippen molar-refractivity contribution in [3.05, 3.63) is 59.2 Å². The normalized spacial score (nSPS) is 10.0. The molecular formula is C18H16F2N2O6. The molecule has 0 unspecified atom stereocenters. The van der Waals surface area contributed by atoms with Crippen molar-refractivity contribution in [3.63, 3.8) is 0 Å². The van der Waals surface area contributed by atoms with E-state index in [1.807, 2.05) is 5.43 Å². The number of methoxy groups -OCH3 is 2. The van der Waals surface area contributed by atoms with Gasteiger partial charge in [0, 0.05) is 11.6 Å². The Morgan fingerprint density at radius 1 is 0.929 bits per heavy atom. The number of hydrogen-bond donors (Lipinski definition) is 2. The summed E-state index contributed by atoms with van der Waals surface area (Å²) in [6, 6.07) is 6.64. The molecule has 0 radical (unpaired) electrons. The molecule has 2 amide bonds. The minimum absolute atomic E-state index is 0.170. The van der Waals surface area contributed by atoms with E-state index in [9.17, 15) is 23.2 Å². The van der Waals surface area contributed by atoms with Crippen LogP contribution in [-0.2, 0) is 9.53 Å². The van der Waals surface area contributed by atoms with Crippen LogP contribution in [0.15, 0.2) is 36.4 Å². The lowest BCUT2D eigenvalue weighted by Gasteiger charge is -2.11. The second kappa shape index (κ2) is 9.31. The maximum absolute atomic E-state index is 13.5. The van der Waals surface area contributed by atoms with E-state index in [-0.39, 0.29) is 5.56 Å². The molecule has 0 aliphatic heterocycles. The van der Waals surface area contributed by atoms with Gasteiger partial charge in [-0.05, 0) is 30.3 Å². The number of benzene rings is 2. The van der Waals surface area contributed by atoms with Crippen LogP contribution in [0.3, 0.4) is 0 Å². The first-order chi connectivity index (χ1) is 13.3. The highest BCUT2D eigenvalue weighted by molar-refractivity contribution is 5.96. The summed E-state index contributed by atoms with van der Waals surface area (Å²) in [6.45, 7) is -0.790. The highest BCUT2D eigenvalue weighted by Gasteiger charge is 2.16. The first-order valence-corrected chi connectivity index (χ1v) is 7.79. The summed E-state index contributed by atoms with van der Waals surface area (Å²) in [5.74, 6) is -3.93. The van der Waals surface area contributed by atoms with Crippen LogP contribution in [0.5, 0.6) is 11.5 Å². The molecule has 0 aromatic heterocycles. The van der Waals surface area contributed by atoms with Crippen molar-refractivity contribution in [1.82, 2.24) is 10.9 Å². The van der Waals surface area contributed by atoms with E-state index < -0.39 is 41.6 Å². The van der Waals surface area contributed by atoms with Crippen molar-refractivity contribution in [3.8, 4) is 11.5 Å². The van der Waals surface area contributed by atoms with Crippen LogP contribution >= 0.6 is 0 Å². The molecular weight excluding hydrogens is 378 g/mol. The predicted molar refractivity (Wildman–Crippen MR) is 91.8 cm³/mol. The van der Waals surface area contributed by atoms with Crippen molar-refractivity contribution < 1.29 is 37.4 Å². The Balaban J connectivity index is 1.86. The smallest absolute Gasteiger partial charge is 0.341 e. The third-order valence-corrected chi connectivity index (χ3v) is 3.45. The van der Waals surface area contributed by atoms with Crippen LogP contribution in [-0.4, -0.2) is 38.6 Å². The molecule has 2 N–H and O–H groups in total. The van der Waals surface area contributed by atoms with E-state index in [1.165, 1.54) is 32.4 Å². The van der Waals surface area contributed by atoms with Gasteiger partial charge >= 0.3 is 5.97 Å². The van der Waals surface area contributed by atoms with Gasteiger partial charge in [0.2, 0.25) is 0 Å². The third kappa shape index (κ3) is 5.16. The van der Waals surface area contributed by atoms with Crippen LogP contribution < -0.4 is 20.3 Å². The van der Waals surface area contributed by atoms with Gasteiger partial charge in [-0.15, -0.1) is 0 Å². The number of ether oxygens (including phenoxy) is 3. The minimum atomic E-state index is -1.15. The van der Waals surface area contributed by atoms with Crippen molar-refractivity contribution in [2.24, 2.45) is 0 Å². The average molecular weight is 394 g/mol. The van der Waals surface area contributed by atoms with Crippen LogP contribution in [0.4, 0.5) is 8.78 Å². The van der Waals surface area contributed by atoms with E-state index in [0.29, 0.717) is 17.6 Å². The molecule has 2 aromatic rings. The van der Waals surface area contributed by atoms with Gasteiger partial charge in [0.15, 0.2) is 18.1 Å². The Morgan fingerprint density at radius 3 is 2.29 bits per heavy atom. The van der Waals surface area contributed by atoms with Gasteiger partial charge in [-0.2, -0.15) is 0 Å². The number of carbonyl (C=O) groups excluding carboxylic acids is 3. The standard InChI is InChI=1S/C18H16F2N2O6/c1-26-14-6-3-10(7-15(14)27-2)17(24)22-21-16(23)9-28-18(25)12-5-4-11(19)8-13(12)20/h3-8H,9H2,1-2H3,(H,21,23)(H,22,24). The maximum Gasteiger partial charge on any atom is 0.341 e. The summed E-state index contributed by atoms with van der Waals surface area (Å²) in [4.78, 5) is 35.4. The van der Waals surface area contributed by atoms with E-state index >= 15 is 0 Å². The molecule has 10 heteroatoms. The Hall–Kier alpha value is -3.69. The first kappa shape index (κ1) is 20.6. The predicted octanol–water partition coefficient (Wildman–Crippen LogP) is 1.60. The molecule has 0 saturated heterocycles. The zero-order chi connectivity index (χ0) is 20.7. The number of rotatable bonds is 6. The Labute approximate surface area is 158 Å². The molecule has 0 aliphatic carbocycles. The summed E-state index contributed by atoms with van der Waals surface area (Å²) in [7, 11) is 2.84. The lowest BCUT2D eigenvalue weighted by Crippen LogP contribution is -2.43. The number of hydrogen-bond acceptors (Lipinski definition) is 6. The number of halogens is 2. The molecule has 0 spiro atoms. The van der Waals surface area contributed by atoms with Gasteiger partial charge < -0.3 is 14.2 Å². The fraction of sp³-hybridized carbons (Fsp3) is 0.167. The summed E-state index contributed by atoms with van der Waals surface area (Å²) < 4.78 is 41.0. The SMILES string of the molecule is COc1ccc(C(=O)NNC(=O)COC(=O)c2ccc(F)cc2F)cc1OC. The van der Waals surface area contributed by atoms with E-state index in [0.717, 1.165) is 12.1 Å². The Morgan fingerprint density at radius 2 is 1.64 bits per heavy atom. The number of nitrogens with one attached hydrogen (secondary N) is 2. The lowest BCUT2D eigenvalue weighted by atomic mass is 10.2. The van der Waals surface area contributed by atoms with Gasteiger partial charge in [0.25, 0.3) is 11.8 Å². The van der Waals surface area contributed by atoms with Gasteiger partial charge in [-0.3, -0.25) is 20.4 Å².